The SMILES string of the molecule is C[C@@H](CCOC(=O)c1c2ccccc2cc2ccccc12)OC(=O)c1c2ccccc2cc2ccccc12. The average Bonchev–Trinajstić information content (AvgIpc) is 2.94. The van der Waals surface area contributed by atoms with Gasteiger partial charge in [0.15, 0.2) is 0 Å². The van der Waals surface area contributed by atoms with E-state index in [4.69, 9.17) is 9.47 Å². The van der Waals surface area contributed by atoms with Crippen LogP contribution in [-0.2, 0) is 9.47 Å². The number of esters is 2. The van der Waals surface area contributed by atoms with Crippen molar-refractivity contribution in [2.45, 2.75) is 19.4 Å². The second-order valence-corrected chi connectivity index (χ2v) is 9.53. The van der Waals surface area contributed by atoms with Crippen LogP contribution in [-0.4, -0.2) is 24.6 Å². The van der Waals surface area contributed by atoms with Gasteiger partial charge >= 0.3 is 11.9 Å². The Kier molecular flexibility index (Phi) is 6.22. The van der Waals surface area contributed by atoms with Gasteiger partial charge in [-0.15, -0.1) is 0 Å². The lowest BCUT2D eigenvalue weighted by molar-refractivity contribution is 0.0233. The molecule has 38 heavy (non-hydrogen) atoms. The van der Waals surface area contributed by atoms with Crippen LogP contribution < -0.4 is 0 Å². The molecule has 0 fully saturated rings. The first-order valence-corrected chi connectivity index (χ1v) is 12.8. The number of rotatable bonds is 6. The summed E-state index contributed by atoms with van der Waals surface area (Å²) in [5.74, 6) is -0.756. The summed E-state index contributed by atoms with van der Waals surface area (Å²) in [4.78, 5) is 26.6. The molecule has 186 valence electrons. The van der Waals surface area contributed by atoms with Gasteiger partial charge in [0.1, 0.15) is 6.10 Å². The van der Waals surface area contributed by atoms with E-state index in [2.05, 4.69) is 12.1 Å². The molecule has 0 radical (unpaired) electrons. The van der Waals surface area contributed by atoms with E-state index >= 15 is 0 Å². The fraction of sp³-hybridized carbons (Fsp3) is 0.118. The minimum absolute atomic E-state index is 0.140. The number of hydrogen-bond donors (Lipinski definition) is 0. The molecule has 0 aromatic heterocycles. The van der Waals surface area contributed by atoms with Crippen LogP contribution in [0.15, 0.2) is 109 Å². The number of carbonyl (C=O) groups excluding carboxylic acids is 2. The summed E-state index contributed by atoms with van der Waals surface area (Å²) in [5, 5.41) is 7.39. The molecule has 4 nitrogen and oxygen atoms in total. The minimum Gasteiger partial charge on any atom is -0.462 e. The van der Waals surface area contributed by atoms with Gasteiger partial charge in [-0.25, -0.2) is 9.59 Å². The lowest BCUT2D eigenvalue weighted by Crippen LogP contribution is -2.19. The summed E-state index contributed by atoms with van der Waals surface area (Å²) < 4.78 is 11.6. The first-order chi connectivity index (χ1) is 18.6. The predicted molar refractivity (Wildman–Crippen MR) is 153 cm³/mol. The maximum atomic E-state index is 13.4. The molecular formula is C34H26O4. The first-order valence-electron chi connectivity index (χ1n) is 12.8. The van der Waals surface area contributed by atoms with Gasteiger partial charge in [0.05, 0.1) is 17.7 Å². The van der Waals surface area contributed by atoms with Crippen LogP contribution in [0.5, 0.6) is 0 Å². The molecule has 6 aromatic rings. The highest BCUT2D eigenvalue weighted by molar-refractivity contribution is 6.17. The Morgan fingerprint density at radius 2 is 0.947 bits per heavy atom. The Balaban J connectivity index is 1.19. The number of benzene rings is 6. The van der Waals surface area contributed by atoms with E-state index in [9.17, 15) is 9.59 Å². The Bertz CT molecular complexity index is 1730. The van der Waals surface area contributed by atoms with Crippen molar-refractivity contribution in [2.24, 2.45) is 0 Å². The van der Waals surface area contributed by atoms with Crippen LogP contribution in [0, 0.1) is 0 Å². The molecule has 0 saturated heterocycles. The Labute approximate surface area is 220 Å². The molecule has 0 spiro atoms. The average molecular weight is 499 g/mol. The van der Waals surface area contributed by atoms with Crippen LogP contribution in [0.4, 0.5) is 0 Å². The number of carbonyl (C=O) groups is 2. The van der Waals surface area contributed by atoms with Gasteiger partial charge < -0.3 is 9.47 Å². The maximum absolute atomic E-state index is 13.4. The van der Waals surface area contributed by atoms with Crippen molar-refractivity contribution in [1.82, 2.24) is 0 Å². The van der Waals surface area contributed by atoms with Crippen molar-refractivity contribution in [1.29, 1.82) is 0 Å². The molecule has 0 aliphatic rings. The van der Waals surface area contributed by atoms with Gasteiger partial charge in [0, 0.05) is 6.42 Å². The summed E-state index contributed by atoms with van der Waals surface area (Å²) in [6.45, 7) is 1.97. The van der Waals surface area contributed by atoms with E-state index in [1.165, 1.54) is 0 Å². The standard InChI is InChI=1S/C34H26O4/c1-22(38-34(36)32-29-16-8-4-12-25(29)21-26-13-5-9-17-30(26)32)18-19-37-33(35)31-27-14-6-2-10-23(27)20-24-11-3-7-15-28(24)31/h2-17,20-22H,18-19H2,1H3/t22-/m0/s1. The summed E-state index contributed by atoms with van der Waals surface area (Å²) >= 11 is 0. The molecule has 0 saturated carbocycles. The summed E-state index contributed by atoms with van der Waals surface area (Å²) in [7, 11) is 0. The lowest BCUT2D eigenvalue weighted by Gasteiger charge is -2.16. The highest BCUT2D eigenvalue weighted by Gasteiger charge is 2.20. The minimum atomic E-state index is -0.433. The summed E-state index contributed by atoms with van der Waals surface area (Å²) in [5.41, 5.74) is 1.12. The van der Waals surface area contributed by atoms with Crippen LogP contribution in [0.1, 0.15) is 34.1 Å². The third kappa shape index (κ3) is 4.35. The number of ether oxygens (including phenoxy) is 2. The molecule has 6 aromatic carbocycles. The molecule has 0 unspecified atom stereocenters. The number of hydrogen-bond acceptors (Lipinski definition) is 4. The second-order valence-electron chi connectivity index (χ2n) is 9.53. The van der Waals surface area contributed by atoms with Crippen molar-refractivity contribution in [3.05, 3.63) is 120 Å². The van der Waals surface area contributed by atoms with E-state index in [0.717, 1.165) is 43.1 Å². The topological polar surface area (TPSA) is 52.6 Å². The highest BCUT2D eigenvalue weighted by atomic mass is 16.6. The lowest BCUT2D eigenvalue weighted by atomic mass is 9.97. The van der Waals surface area contributed by atoms with Crippen molar-refractivity contribution in [3.8, 4) is 0 Å². The fourth-order valence-electron chi connectivity index (χ4n) is 5.16. The van der Waals surface area contributed by atoms with Gasteiger partial charge in [-0.3, -0.25) is 0 Å². The van der Waals surface area contributed by atoms with E-state index < -0.39 is 6.10 Å². The molecule has 6 rings (SSSR count). The smallest absolute Gasteiger partial charge is 0.339 e. The van der Waals surface area contributed by atoms with E-state index in [1.807, 2.05) is 104 Å². The zero-order valence-electron chi connectivity index (χ0n) is 21.0. The number of fused-ring (bicyclic) bond motifs is 4. The van der Waals surface area contributed by atoms with Gasteiger partial charge in [0.25, 0.3) is 0 Å². The van der Waals surface area contributed by atoms with Crippen LogP contribution in [0.2, 0.25) is 0 Å². The van der Waals surface area contributed by atoms with Gasteiger partial charge in [-0.2, -0.15) is 0 Å². The van der Waals surface area contributed by atoms with Crippen molar-refractivity contribution in [2.75, 3.05) is 6.61 Å². The summed E-state index contributed by atoms with van der Waals surface area (Å²) in [6, 6.07) is 35.5. The van der Waals surface area contributed by atoms with Gasteiger partial charge in [-0.05, 0) is 62.1 Å². The van der Waals surface area contributed by atoms with Crippen molar-refractivity contribution >= 4 is 55.0 Å². The van der Waals surface area contributed by atoms with E-state index in [1.54, 1.807) is 0 Å². The zero-order valence-corrected chi connectivity index (χ0v) is 21.0. The van der Waals surface area contributed by atoms with E-state index in [0.29, 0.717) is 17.5 Å². The predicted octanol–water partition coefficient (Wildman–Crippen LogP) is 8.09. The van der Waals surface area contributed by atoms with E-state index in [-0.39, 0.29) is 18.5 Å². The second kappa shape index (κ2) is 9.98. The summed E-state index contributed by atoms with van der Waals surface area (Å²) in [6.07, 6.45) is -0.0413. The normalized spacial score (nSPS) is 12.1. The zero-order chi connectivity index (χ0) is 26.1. The molecule has 0 heterocycles. The van der Waals surface area contributed by atoms with Crippen LogP contribution in [0.3, 0.4) is 0 Å². The van der Waals surface area contributed by atoms with Gasteiger partial charge in [-0.1, -0.05) is 97.1 Å². The quantitative estimate of drug-likeness (QED) is 0.172. The highest BCUT2D eigenvalue weighted by Crippen LogP contribution is 2.31. The molecule has 0 aliphatic carbocycles. The van der Waals surface area contributed by atoms with Crippen molar-refractivity contribution in [3.63, 3.8) is 0 Å². The van der Waals surface area contributed by atoms with Crippen LogP contribution in [0.25, 0.3) is 43.1 Å². The molecule has 0 amide bonds. The third-order valence-electron chi connectivity index (χ3n) is 7.02. The Morgan fingerprint density at radius 1 is 0.579 bits per heavy atom. The monoisotopic (exact) mass is 498 g/mol. The molecule has 0 bridgehead atoms. The maximum Gasteiger partial charge on any atom is 0.339 e. The Hall–Kier alpha value is -4.70. The van der Waals surface area contributed by atoms with Crippen molar-refractivity contribution < 1.29 is 19.1 Å². The molecule has 0 N–H and O–H groups in total. The molecular weight excluding hydrogens is 472 g/mol. The van der Waals surface area contributed by atoms with Crippen LogP contribution >= 0.6 is 0 Å². The Morgan fingerprint density at radius 3 is 1.37 bits per heavy atom. The molecule has 1 atom stereocenters. The molecule has 4 heteroatoms. The first kappa shape index (κ1) is 23.7. The molecule has 0 aliphatic heterocycles. The fourth-order valence-corrected chi connectivity index (χ4v) is 5.16. The largest absolute Gasteiger partial charge is 0.462 e. The van der Waals surface area contributed by atoms with Gasteiger partial charge in [0.2, 0.25) is 0 Å². The third-order valence-corrected chi connectivity index (χ3v) is 7.02.